The van der Waals surface area contributed by atoms with E-state index >= 15 is 0 Å². The summed E-state index contributed by atoms with van der Waals surface area (Å²) in [5, 5.41) is 22.0. The molecule has 0 aliphatic carbocycles. The molecule has 5 rings (SSSR count). The number of carbonyl (C=O) groups excluding carboxylic acids is 1. The second-order valence-corrected chi connectivity index (χ2v) is 8.06. The molecule has 4 heterocycles. The number of cyclic esters (lactones) is 1. The number of carbonyl (C=O) groups is 1. The maximum Gasteiger partial charge on any atom is 0.441 e. The molecule has 0 saturated heterocycles. The molecule has 0 saturated carbocycles. The second-order valence-electron chi connectivity index (χ2n) is 8.06. The molecule has 0 fully saturated rings. The van der Waals surface area contributed by atoms with Crippen LogP contribution < -0.4 is 11.1 Å². The predicted molar refractivity (Wildman–Crippen MR) is 119 cm³/mol. The molecule has 0 spiro atoms. The molecule has 1 unspecified atom stereocenters. The molecular weight excluding hydrogens is 440 g/mol. The van der Waals surface area contributed by atoms with Crippen molar-refractivity contribution >= 4 is 5.97 Å². The molecular formula is C23H22N6O5. The Morgan fingerprint density at radius 1 is 1.21 bits per heavy atom. The van der Waals surface area contributed by atoms with Gasteiger partial charge in [-0.15, -0.1) is 0 Å². The lowest BCUT2D eigenvalue weighted by atomic mass is 9.95. The number of nitrogens with zero attached hydrogens (tertiary/aromatic N) is 5. The summed E-state index contributed by atoms with van der Waals surface area (Å²) in [4.78, 5) is 27.5. The van der Waals surface area contributed by atoms with Gasteiger partial charge >= 0.3 is 11.7 Å². The molecule has 11 heteroatoms. The summed E-state index contributed by atoms with van der Waals surface area (Å²) in [5.74, 6) is 0.144. The third-order valence-corrected chi connectivity index (χ3v) is 5.91. The number of aromatic nitrogens is 5. The highest BCUT2D eigenvalue weighted by atomic mass is 16.5. The van der Waals surface area contributed by atoms with Gasteiger partial charge in [0.15, 0.2) is 11.6 Å². The standard InChI is InChI=1S/C23H22N6O5/c1-13-16(4-5-17-18(13)12-33-22(17)31)19(30)10-24-7-14-8-26-29(11-14)20-6-3-15(9-25-20)21-27-34-23(32)28(21)2/h3-6,8-9,11,19,24,30H,7,10,12H2,1-2H3. The van der Waals surface area contributed by atoms with Crippen LogP contribution in [0.25, 0.3) is 17.2 Å². The van der Waals surface area contributed by atoms with Crippen LogP contribution in [0.4, 0.5) is 0 Å². The van der Waals surface area contributed by atoms with Crippen molar-refractivity contribution in [3.05, 3.63) is 81.2 Å². The number of rotatable bonds is 7. The first-order valence-electron chi connectivity index (χ1n) is 10.6. The summed E-state index contributed by atoms with van der Waals surface area (Å²) in [6.07, 6.45) is 4.44. The minimum atomic E-state index is -0.724. The minimum absolute atomic E-state index is 0.249. The number of ether oxygens (including phenoxy) is 1. The average Bonchev–Trinajstić information content (AvgIpc) is 3.55. The van der Waals surface area contributed by atoms with Crippen LogP contribution in [0.5, 0.6) is 0 Å². The SMILES string of the molecule is Cc1c(C(O)CNCc2cnn(-c3ccc(-c4noc(=O)n4C)cn3)c2)ccc2c1COC2=O. The third-order valence-electron chi connectivity index (χ3n) is 5.91. The van der Waals surface area contributed by atoms with Crippen molar-refractivity contribution in [3.8, 4) is 17.2 Å². The smallest absolute Gasteiger partial charge is 0.441 e. The highest BCUT2D eigenvalue weighted by Crippen LogP contribution is 2.28. The average molecular weight is 462 g/mol. The molecule has 1 aromatic carbocycles. The lowest BCUT2D eigenvalue weighted by Crippen LogP contribution is -2.21. The van der Waals surface area contributed by atoms with Gasteiger partial charge in [-0.1, -0.05) is 11.2 Å². The fourth-order valence-corrected chi connectivity index (χ4v) is 3.96. The Balaban J connectivity index is 1.20. The fourth-order valence-electron chi connectivity index (χ4n) is 3.96. The van der Waals surface area contributed by atoms with Crippen molar-refractivity contribution in [1.82, 2.24) is 29.8 Å². The van der Waals surface area contributed by atoms with Gasteiger partial charge in [0.25, 0.3) is 0 Å². The first kappa shape index (κ1) is 21.7. The van der Waals surface area contributed by atoms with Crippen LogP contribution in [-0.4, -0.2) is 42.1 Å². The number of fused-ring (bicyclic) bond motifs is 1. The van der Waals surface area contributed by atoms with Gasteiger partial charge in [-0.25, -0.2) is 19.3 Å². The number of hydrogen-bond donors (Lipinski definition) is 2. The zero-order chi connectivity index (χ0) is 23.8. The van der Waals surface area contributed by atoms with Gasteiger partial charge < -0.3 is 15.2 Å². The molecule has 0 radical (unpaired) electrons. The van der Waals surface area contributed by atoms with E-state index in [2.05, 4.69) is 25.1 Å². The molecule has 2 N–H and O–H groups in total. The van der Waals surface area contributed by atoms with Crippen LogP contribution >= 0.6 is 0 Å². The number of benzene rings is 1. The Labute approximate surface area is 193 Å². The normalized spacial score (nSPS) is 13.7. The van der Waals surface area contributed by atoms with E-state index in [1.54, 1.807) is 48.4 Å². The van der Waals surface area contributed by atoms with Crippen LogP contribution in [0.2, 0.25) is 0 Å². The lowest BCUT2D eigenvalue weighted by molar-refractivity contribution is 0.0535. The van der Waals surface area contributed by atoms with Gasteiger partial charge in [0.05, 0.1) is 17.9 Å². The largest absolute Gasteiger partial charge is 0.457 e. The zero-order valence-electron chi connectivity index (χ0n) is 18.6. The summed E-state index contributed by atoms with van der Waals surface area (Å²) < 4.78 is 12.7. The van der Waals surface area contributed by atoms with E-state index in [0.29, 0.717) is 35.9 Å². The Morgan fingerprint density at radius 2 is 2.06 bits per heavy atom. The Bertz CT molecular complexity index is 1420. The van der Waals surface area contributed by atoms with Crippen LogP contribution in [0, 0.1) is 6.92 Å². The molecule has 11 nitrogen and oxygen atoms in total. The summed E-state index contributed by atoms with van der Waals surface area (Å²) in [6, 6.07) is 7.04. The molecule has 4 aromatic rings. The molecule has 1 aliphatic heterocycles. The van der Waals surface area contributed by atoms with E-state index in [4.69, 9.17) is 4.74 Å². The fraction of sp³-hybridized carbons (Fsp3) is 0.261. The van der Waals surface area contributed by atoms with E-state index in [-0.39, 0.29) is 12.6 Å². The Kier molecular flexibility index (Phi) is 5.56. The highest BCUT2D eigenvalue weighted by molar-refractivity contribution is 5.93. The highest BCUT2D eigenvalue weighted by Gasteiger charge is 2.25. The topological polar surface area (TPSA) is 137 Å². The zero-order valence-corrected chi connectivity index (χ0v) is 18.6. The first-order valence-corrected chi connectivity index (χ1v) is 10.6. The van der Waals surface area contributed by atoms with Crippen molar-refractivity contribution in [2.75, 3.05) is 6.54 Å². The first-order chi connectivity index (χ1) is 16.4. The molecule has 174 valence electrons. The summed E-state index contributed by atoms with van der Waals surface area (Å²) in [5.41, 5.74) is 4.63. The Hall–Kier alpha value is -4.09. The van der Waals surface area contributed by atoms with Gasteiger partial charge in [-0.2, -0.15) is 5.10 Å². The quantitative estimate of drug-likeness (QED) is 0.391. The van der Waals surface area contributed by atoms with Gasteiger partial charge in [0.1, 0.15) is 6.61 Å². The van der Waals surface area contributed by atoms with Crippen molar-refractivity contribution < 1.29 is 19.2 Å². The third kappa shape index (κ3) is 3.91. The summed E-state index contributed by atoms with van der Waals surface area (Å²) in [6.45, 7) is 2.98. The number of nitrogens with one attached hydrogen (secondary N) is 1. The van der Waals surface area contributed by atoms with Crippen LogP contribution in [0.3, 0.4) is 0 Å². The van der Waals surface area contributed by atoms with E-state index < -0.39 is 11.9 Å². The van der Waals surface area contributed by atoms with Gasteiger partial charge in [-0.3, -0.25) is 9.09 Å². The van der Waals surface area contributed by atoms with E-state index in [1.807, 2.05) is 13.1 Å². The molecule has 0 amide bonds. The van der Waals surface area contributed by atoms with Gasteiger partial charge in [0, 0.05) is 49.2 Å². The summed E-state index contributed by atoms with van der Waals surface area (Å²) in [7, 11) is 1.58. The number of aliphatic hydroxyl groups is 1. The lowest BCUT2D eigenvalue weighted by Gasteiger charge is -2.16. The second kappa shape index (κ2) is 8.69. The number of hydrogen-bond acceptors (Lipinski definition) is 9. The van der Waals surface area contributed by atoms with E-state index in [1.165, 1.54) is 4.57 Å². The van der Waals surface area contributed by atoms with E-state index in [0.717, 1.165) is 22.3 Å². The monoisotopic (exact) mass is 462 g/mol. The molecule has 3 aromatic heterocycles. The van der Waals surface area contributed by atoms with Crippen molar-refractivity contribution in [2.24, 2.45) is 7.05 Å². The van der Waals surface area contributed by atoms with Crippen LogP contribution in [-0.2, 0) is 24.9 Å². The Morgan fingerprint density at radius 3 is 2.79 bits per heavy atom. The van der Waals surface area contributed by atoms with Crippen molar-refractivity contribution in [1.29, 1.82) is 0 Å². The number of aliphatic hydroxyl groups excluding tert-OH is 1. The maximum atomic E-state index is 11.7. The van der Waals surface area contributed by atoms with Crippen LogP contribution in [0.15, 0.2) is 52.2 Å². The molecule has 34 heavy (non-hydrogen) atoms. The van der Waals surface area contributed by atoms with Crippen molar-refractivity contribution in [2.45, 2.75) is 26.2 Å². The van der Waals surface area contributed by atoms with Gasteiger partial charge in [-0.05, 0) is 36.2 Å². The molecule has 0 bridgehead atoms. The number of esters is 1. The van der Waals surface area contributed by atoms with E-state index in [9.17, 15) is 14.7 Å². The van der Waals surface area contributed by atoms with Gasteiger partial charge in [0.2, 0.25) is 0 Å². The summed E-state index contributed by atoms with van der Waals surface area (Å²) >= 11 is 0. The van der Waals surface area contributed by atoms with Crippen LogP contribution in [0.1, 0.15) is 38.7 Å². The maximum absolute atomic E-state index is 11.7. The van der Waals surface area contributed by atoms with Crippen molar-refractivity contribution in [3.63, 3.8) is 0 Å². The number of pyridine rings is 1. The minimum Gasteiger partial charge on any atom is -0.457 e. The predicted octanol–water partition coefficient (Wildman–Crippen LogP) is 1.42. The molecule has 1 aliphatic rings. The molecule has 1 atom stereocenters.